The van der Waals surface area contributed by atoms with E-state index < -0.39 is 5.72 Å². The zero-order valence-corrected chi connectivity index (χ0v) is 15.0. The van der Waals surface area contributed by atoms with Crippen molar-refractivity contribution >= 4 is 11.4 Å². The molecular formula is C21H26N2O. The molecule has 0 radical (unpaired) electrons. The predicted molar refractivity (Wildman–Crippen MR) is 101 cm³/mol. The Balaban J connectivity index is 1.92. The molecule has 24 heavy (non-hydrogen) atoms. The molecule has 3 rings (SSSR count). The molecule has 0 bridgehead atoms. The molecule has 1 aliphatic rings. The summed E-state index contributed by atoms with van der Waals surface area (Å²) in [5.41, 5.74) is 4.04. The van der Waals surface area contributed by atoms with Crippen molar-refractivity contribution in [3.63, 3.8) is 0 Å². The van der Waals surface area contributed by atoms with E-state index in [4.69, 9.17) is 9.73 Å². The van der Waals surface area contributed by atoms with E-state index in [1.54, 1.807) is 0 Å². The van der Waals surface area contributed by atoms with Crippen molar-refractivity contribution in [1.29, 1.82) is 0 Å². The van der Waals surface area contributed by atoms with Crippen molar-refractivity contribution in [2.24, 2.45) is 4.99 Å². The molecule has 1 atom stereocenters. The number of hydrogen-bond donors (Lipinski definition) is 0. The van der Waals surface area contributed by atoms with Gasteiger partial charge in [0.25, 0.3) is 0 Å². The summed E-state index contributed by atoms with van der Waals surface area (Å²) < 4.78 is 6.24. The van der Waals surface area contributed by atoms with Crippen molar-refractivity contribution in [2.75, 3.05) is 18.0 Å². The molecule has 0 aromatic heterocycles. The fourth-order valence-electron chi connectivity index (χ4n) is 3.22. The van der Waals surface area contributed by atoms with Crippen molar-refractivity contribution in [3.05, 3.63) is 65.7 Å². The van der Waals surface area contributed by atoms with Gasteiger partial charge in [0.15, 0.2) is 5.72 Å². The highest BCUT2D eigenvalue weighted by molar-refractivity contribution is 6.05. The second-order valence-electron chi connectivity index (χ2n) is 6.57. The number of anilines is 1. The van der Waals surface area contributed by atoms with Crippen LogP contribution in [0.2, 0.25) is 0 Å². The van der Waals surface area contributed by atoms with Gasteiger partial charge < -0.3 is 9.64 Å². The molecule has 0 aliphatic carbocycles. The predicted octanol–water partition coefficient (Wildman–Crippen LogP) is 4.83. The first-order chi connectivity index (χ1) is 11.5. The summed E-state index contributed by atoms with van der Waals surface area (Å²) in [7, 11) is 0. The van der Waals surface area contributed by atoms with Crippen LogP contribution >= 0.6 is 0 Å². The molecular weight excluding hydrogens is 296 g/mol. The van der Waals surface area contributed by atoms with Crippen molar-refractivity contribution < 1.29 is 4.74 Å². The molecule has 0 N–H and O–H groups in total. The summed E-state index contributed by atoms with van der Waals surface area (Å²) in [4.78, 5) is 7.17. The molecule has 0 saturated carbocycles. The average molecular weight is 322 g/mol. The first-order valence-corrected chi connectivity index (χ1v) is 8.72. The first-order valence-electron chi connectivity index (χ1n) is 8.72. The van der Waals surface area contributed by atoms with Gasteiger partial charge in [0.2, 0.25) is 0 Å². The number of benzene rings is 2. The van der Waals surface area contributed by atoms with Crippen LogP contribution in [0.4, 0.5) is 5.69 Å². The molecule has 1 unspecified atom stereocenters. The van der Waals surface area contributed by atoms with Crippen LogP contribution in [0, 0.1) is 0 Å². The maximum Gasteiger partial charge on any atom is 0.155 e. The lowest BCUT2D eigenvalue weighted by Crippen LogP contribution is -2.22. The lowest BCUT2D eigenvalue weighted by Gasteiger charge is -2.23. The minimum absolute atomic E-state index is 0.117. The normalized spacial score (nSPS) is 19.2. The third kappa shape index (κ3) is 3.36. The van der Waals surface area contributed by atoms with E-state index in [-0.39, 0.29) is 6.10 Å². The molecule has 0 fully saturated rings. The Labute approximate surface area is 145 Å². The summed E-state index contributed by atoms with van der Waals surface area (Å²) in [5.74, 6) is 0. The number of nitrogens with zero attached hydrogens (tertiary/aromatic N) is 2. The number of hydrogen-bond acceptors (Lipinski definition) is 3. The topological polar surface area (TPSA) is 24.8 Å². The Morgan fingerprint density at radius 2 is 1.58 bits per heavy atom. The first kappa shape index (κ1) is 16.7. The van der Waals surface area contributed by atoms with Crippen LogP contribution in [0.1, 0.15) is 44.9 Å². The molecule has 0 amide bonds. The van der Waals surface area contributed by atoms with Gasteiger partial charge in [-0.15, -0.1) is 0 Å². The Hall–Kier alpha value is -2.13. The second kappa shape index (κ2) is 6.78. The zero-order valence-electron chi connectivity index (χ0n) is 15.0. The van der Waals surface area contributed by atoms with Gasteiger partial charge in [-0.2, -0.15) is 0 Å². The summed E-state index contributed by atoms with van der Waals surface area (Å²) in [6, 6.07) is 19.0. The molecule has 1 heterocycles. The van der Waals surface area contributed by atoms with Crippen molar-refractivity contribution in [3.8, 4) is 0 Å². The second-order valence-corrected chi connectivity index (χ2v) is 6.57. The van der Waals surface area contributed by atoms with Gasteiger partial charge in [-0.3, -0.25) is 4.99 Å². The minimum atomic E-state index is -0.493. The maximum absolute atomic E-state index is 6.24. The lowest BCUT2D eigenvalue weighted by atomic mass is 9.99. The smallest absolute Gasteiger partial charge is 0.155 e. The van der Waals surface area contributed by atoms with Crippen LogP contribution < -0.4 is 4.90 Å². The molecule has 2 aromatic carbocycles. The van der Waals surface area contributed by atoms with Gasteiger partial charge in [0, 0.05) is 18.8 Å². The van der Waals surface area contributed by atoms with Gasteiger partial charge in [0.1, 0.15) is 6.10 Å². The summed E-state index contributed by atoms with van der Waals surface area (Å²) in [5, 5.41) is 0. The highest BCUT2D eigenvalue weighted by Gasteiger charge is 2.35. The van der Waals surface area contributed by atoms with E-state index in [1.807, 2.05) is 32.0 Å². The molecule has 2 aromatic rings. The van der Waals surface area contributed by atoms with Crippen LogP contribution in [0.15, 0.2) is 59.6 Å². The summed E-state index contributed by atoms with van der Waals surface area (Å²) in [6.45, 7) is 10.4. The fraction of sp³-hybridized carbons (Fsp3) is 0.381. The Morgan fingerprint density at radius 1 is 0.958 bits per heavy atom. The Bertz CT molecular complexity index is 700. The third-order valence-electron chi connectivity index (χ3n) is 4.44. The monoisotopic (exact) mass is 322 g/mol. The number of rotatable bonds is 5. The standard InChI is InChI=1S/C21H26N2O/c1-5-23(6-2)18-14-12-17(13-15-18)20-19(22-21(3,4)24-20)16-10-8-7-9-11-16/h7-15,20H,5-6H2,1-4H3. The van der Waals surface area contributed by atoms with Crippen LogP contribution in [0.5, 0.6) is 0 Å². The summed E-state index contributed by atoms with van der Waals surface area (Å²) >= 11 is 0. The third-order valence-corrected chi connectivity index (χ3v) is 4.44. The molecule has 126 valence electrons. The quantitative estimate of drug-likeness (QED) is 0.787. The number of ether oxygens (including phenoxy) is 1. The highest BCUT2D eigenvalue weighted by atomic mass is 16.5. The molecule has 0 saturated heterocycles. The minimum Gasteiger partial charge on any atom is -0.372 e. The van der Waals surface area contributed by atoms with E-state index in [1.165, 1.54) is 5.69 Å². The molecule has 1 aliphatic heterocycles. The maximum atomic E-state index is 6.24. The van der Waals surface area contributed by atoms with Gasteiger partial charge in [0.05, 0.1) is 5.71 Å². The molecule has 3 nitrogen and oxygen atoms in total. The highest BCUT2D eigenvalue weighted by Crippen LogP contribution is 2.36. The van der Waals surface area contributed by atoms with Crippen molar-refractivity contribution in [1.82, 2.24) is 0 Å². The van der Waals surface area contributed by atoms with E-state index >= 15 is 0 Å². The van der Waals surface area contributed by atoms with E-state index in [9.17, 15) is 0 Å². The molecule has 0 spiro atoms. The summed E-state index contributed by atoms with van der Waals surface area (Å²) in [6.07, 6.45) is -0.117. The fourth-order valence-corrected chi connectivity index (χ4v) is 3.22. The van der Waals surface area contributed by atoms with E-state index in [2.05, 4.69) is 55.1 Å². The van der Waals surface area contributed by atoms with Gasteiger partial charge in [-0.25, -0.2) is 0 Å². The van der Waals surface area contributed by atoms with E-state index in [0.29, 0.717) is 0 Å². The van der Waals surface area contributed by atoms with E-state index in [0.717, 1.165) is 29.9 Å². The van der Waals surface area contributed by atoms with Gasteiger partial charge >= 0.3 is 0 Å². The van der Waals surface area contributed by atoms with Crippen LogP contribution in [-0.4, -0.2) is 24.5 Å². The Morgan fingerprint density at radius 3 is 2.17 bits per heavy atom. The Kier molecular flexibility index (Phi) is 4.72. The van der Waals surface area contributed by atoms with Gasteiger partial charge in [-0.1, -0.05) is 42.5 Å². The average Bonchev–Trinajstić information content (AvgIpc) is 2.93. The lowest BCUT2D eigenvalue weighted by molar-refractivity contribution is -0.0160. The number of aliphatic imine (C=N–C) groups is 1. The van der Waals surface area contributed by atoms with Gasteiger partial charge in [-0.05, 0) is 51.0 Å². The van der Waals surface area contributed by atoms with Crippen LogP contribution in [0.3, 0.4) is 0 Å². The van der Waals surface area contributed by atoms with Crippen LogP contribution in [-0.2, 0) is 4.74 Å². The van der Waals surface area contributed by atoms with Crippen molar-refractivity contribution in [2.45, 2.75) is 39.5 Å². The van der Waals surface area contributed by atoms with Crippen LogP contribution in [0.25, 0.3) is 0 Å². The zero-order chi connectivity index (χ0) is 17.2. The molecule has 3 heteroatoms. The SMILES string of the molecule is CCN(CC)c1ccc(C2OC(C)(C)N=C2c2ccccc2)cc1. The largest absolute Gasteiger partial charge is 0.372 e.